The highest BCUT2D eigenvalue weighted by Gasteiger charge is 2.21. The zero-order valence-corrected chi connectivity index (χ0v) is 15.5. The van der Waals surface area contributed by atoms with Crippen molar-refractivity contribution < 1.29 is 23.8 Å². The first-order valence-electron chi connectivity index (χ1n) is 8.67. The summed E-state index contributed by atoms with van der Waals surface area (Å²) in [5.74, 6) is 0.927. The molecule has 1 aliphatic carbocycles. The van der Waals surface area contributed by atoms with Crippen LogP contribution in [0.4, 0.5) is 0 Å². The van der Waals surface area contributed by atoms with Gasteiger partial charge in [0, 0.05) is 12.0 Å². The van der Waals surface area contributed by atoms with Crippen molar-refractivity contribution in [1.29, 1.82) is 0 Å². The van der Waals surface area contributed by atoms with Crippen molar-refractivity contribution in [3.8, 4) is 17.2 Å². The zero-order valence-electron chi connectivity index (χ0n) is 15.5. The Balaban J connectivity index is 1.95. The van der Waals surface area contributed by atoms with Crippen LogP contribution in [0, 0.1) is 5.92 Å². The van der Waals surface area contributed by atoms with E-state index in [0.717, 1.165) is 25.7 Å². The van der Waals surface area contributed by atoms with Crippen LogP contribution in [0.3, 0.4) is 0 Å². The Morgan fingerprint density at radius 3 is 2.12 bits per heavy atom. The molecule has 26 heavy (non-hydrogen) atoms. The molecule has 1 aliphatic rings. The van der Waals surface area contributed by atoms with Crippen molar-refractivity contribution >= 4 is 17.9 Å². The Morgan fingerprint density at radius 1 is 0.962 bits per heavy atom. The van der Waals surface area contributed by atoms with Crippen molar-refractivity contribution in [2.24, 2.45) is 5.92 Å². The summed E-state index contributed by atoms with van der Waals surface area (Å²) in [7, 11) is 4.58. The van der Waals surface area contributed by atoms with E-state index in [1.165, 1.54) is 33.8 Å². The number of rotatable bonds is 6. The van der Waals surface area contributed by atoms with Gasteiger partial charge in [-0.15, -0.1) is 0 Å². The molecule has 1 saturated carbocycles. The fourth-order valence-electron chi connectivity index (χ4n) is 3.00. The lowest BCUT2D eigenvalue weighted by molar-refractivity contribution is -0.130. The van der Waals surface area contributed by atoms with Gasteiger partial charge in [-0.2, -0.15) is 0 Å². The second kappa shape index (κ2) is 9.70. The van der Waals surface area contributed by atoms with Gasteiger partial charge in [0.1, 0.15) is 0 Å². The van der Waals surface area contributed by atoms with Crippen LogP contribution in [0.5, 0.6) is 17.2 Å². The van der Waals surface area contributed by atoms with E-state index in [2.05, 4.69) is 10.9 Å². The molecule has 2 N–H and O–H groups in total. The van der Waals surface area contributed by atoms with E-state index in [9.17, 15) is 9.59 Å². The first kappa shape index (κ1) is 19.6. The smallest absolute Gasteiger partial charge is 0.262 e. The number of hydrazine groups is 1. The SMILES string of the molecule is COc1cc(/C=C/C(=O)NNC(=O)C2CCCCC2)cc(OC)c1OC. The lowest BCUT2D eigenvalue weighted by Crippen LogP contribution is -2.44. The Hall–Kier alpha value is -2.70. The lowest BCUT2D eigenvalue weighted by atomic mass is 9.89. The molecule has 0 bridgehead atoms. The standard InChI is InChI=1S/C19H26N2O5/c1-24-15-11-13(12-16(25-2)18(15)26-3)9-10-17(22)20-21-19(23)14-7-5-4-6-8-14/h9-12,14H,4-8H2,1-3H3,(H,20,22)(H,21,23)/b10-9+. The summed E-state index contributed by atoms with van der Waals surface area (Å²) in [5.41, 5.74) is 5.61. The number of carbonyl (C=O) groups is 2. The van der Waals surface area contributed by atoms with Crippen LogP contribution in [0.1, 0.15) is 37.7 Å². The molecule has 0 atom stereocenters. The molecule has 2 amide bonds. The van der Waals surface area contributed by atoms with Crippen molar-refractivity contribution in [3.05, 3.63) is 23.8 Å². The molecule has 1 aromatic carbocycles. The van der Waals surface area contributed by atoms with Crippen molar-refractivity contribution in [2.75, 3.05) is 21.3 Å². The number of carbonyl (C=O) groups excluding carboxylic acids is 2. The summed E-state index contributed by atoms with van der Waals surface area (Å²) in [6.07, 6.45) is 7.99. The first-order valence-corrected chi connectivity index (χ1v) is 8.67. The molecule has 1 fully saturated rings. The van der Waals surface area contributed by atoms with Gasteiger partial charge in [-0.25, -0.2) is 0 Å². The quantitative estimate of drug-likeness (QED) is 0.600. The molecular weight excluding hydrogens is 336 g/mol. The molecule has 0 heterocycles. The Bertz CT molecular complexity index is 641. The fourth-order valence-corrected chi connectivity index (χ4v) is 3.00. The molecule has 1 aromatic rings. The predicted molar refractivity (Wildman–Crippen MR) is 98.0 cm³/mol. The van der Waals surface area contributed by atoms with Crippen LogP contribution in [-0.2, 0) is 9.59 Å². The number of amides is 2. The number of nitrogens with one attached hydrogen (secondary N) is 2. The van der Waals surface area contributed by atoms with Crippen LogP contribution >= 0.6 is 0 Å². The predicted octanol–water partition coefficient (Wildman–Crippen LogP) is 2.45. The van der Waals surface area contributed by atoms with Gasteiger partial charge in [0.05, 0.1) is 21.3 Å². The molecule has 7 nitrogen and oxygen atoms in total. The third-order valence-corrected chi connectivity index (χ3v) is 4.40. The first-order chi connectivity index (χ1) is 12.6. The normalized spacial score (nSPS) is 14.7. The van der Waals surface area contributed by atoms with Gasteiger partial charge in [-0.1, -0.05) is 19.3 Å². The van der Waals surface area contributed by atoms with E-state index < -0.39 is 5.91 Å². The Kier molecular flexibility index (Phi) is 7.32. The second-order valence-corrected chi connectivity index (χ2v) is 6.11. The van der Waals surface area contributed by atoms with Gasteiger partial charge in [0.2, 0.25) is 11.7 Å². The van der Waals surface area contributed by atoms with Crippen LogP contribution in [0.2, 0.25) is 0 Å². The molecular formula is C19H26N2O5. The summed E-state index contributed by atoms with van der Waals surface area (Å²) in [4.78, 5) is 24.0. The van der Waals surface area contributed by atoms with E-state index in [4.69, 9.17) is 14.2 Å². The summed E-state index contributed by atoms with van der Waals surface area (Å²) in [5, 5.41) is 0. The second-order valence-electron chi connectivity index (χ2n) is 6.11. The summed E-state index contributed by atoms with van der Waals surface area (Å²) >= 11 is 0. The van der Waals surface area contributed by atoms with Crippen molar-refractivity contribution in [1.82, 2.24) is 10.9 Å². The lowest BCUT2D eigenvalue weighted by Gasteiger charge is -2.20. The number of ether oxygens (including phenoxy) is 3. The molecule has 7 heteroatoms. The zero-order chi connectivity index (χ0) is 18.9. The molecule has 2 rings (SSSR count). The van der Waals surface area contributed by atoms with Crippen molar-refractivity contribution in [3.63, 3.8) is 0 Å². The third kappa shape index (κ3) is 5.15. The Labute approximate surface area is 153 Å². The van der Waals surface area contributed by atoms with Crippen LogP contribution in [0.15, 0.2) is 18.2 Å². The van der Waals surface area contributed by atoms with Crippen LogP contribution in [0.25, 0.3) is 6.08 Å². The fraction of sp³-hybridized carbons (Fsp3) is 0.474. The van der Waals surface area contributed by atoms with E-state index in [1.54, 1.807) is 18.2 Å². The highest BCUT2D eigenvalue weighted by Crippen LogP contribution is 2.38. The number of hydrogen-bond acceptors (Lipinski definition) is 5. The number of hydrogen-bond donors (Lipinski definition) is 2. The molecule has 0 spiro atoms. The molecule has 0 radical (unpaired) electrons. The summed E-state index contributed by atoms with van der Waals surface area (Å²) in [6, 6.07) is 3.46. The highest BCUT2D eigenvalue weighted by atomic mass is 16.5. The third-order valence-electron chi connectivity index (χ3n) is 4.40. The molecule has 0 unspecified atom stereocenters. The van der Waals surface area contributed by atoms with Crippen LogP contribution < -0.4 is 25.1 Å². The molecule has 0 aromatic heterocycles. The molecule has 142 valence electrons. The van der Waals surface area contributed by atoms with E-state index in [1.807, 2.05) is 0 Å². The van der Waals surface area contributed by atoms with Gasteiger partial charge < -0.3 is 14.2 Å². The van der Waals surface area contributed by atoms with Gasteiger partial charge in [-0.3, -0.25) is 20.4 Å². The minimum atomic E-state index is -0.414. The average Bonchev–Trinajstić information content (AvgIpc) is 2.69. The van der Waals surface area contributed by atoms with Crippen LogP contribution in [-0.4, -0.2) is 33.1 Å². The maximum absolute atomic E-state index is 12.0. The summed E-state index contributed by atoms with van der Waals surface area (Å²) in [6.45, 7) is 0. The van der Waals surface area contributed by atoms with E-state index in [0.29, 0.717) is 22.8 Å². The largest absolute Gasteiger partial charge is 0.493 e. The van der Waals surface area contributed by atoms with E-state index >= 15 is 0 Å². The van der Waals surface area contributed by atoms with E-state index in [-0.39, 0.29) is 11.8 Å². The van der Waals surface area contributed by atoms with Gasteiger partial charge in [0.25, 0.3) is 5.91 Å². The topological polar surface area (TPSA) is 85.9 Å². The minimum Gasteiger partial charge on any atom is -0.493 e. The monoisotopic (exact) mass is 362 g/mol. The minimum absolute atomic E-state index is 0.0110. The van der Waals surface area contributed by atoms with Gasteiger partial charge >= 0.3 is 0 Å². The number of benzene rings is 1. The Morgan fingerprint density at radius 2 is 1.58 bits per heavy atom. The average molecular weight is 362 g/mol. The van der Waals surface area contributed by atoms with Gasteiger partial charge in [0.15, 0.2) is 11.5 Å². The summed E-state index contributed by atoms with van der Waals surface area (Å²) < 4.78 is 15.8. The number of methoxy groups -OCH3 is 3. The highest BCUT2D eigenvalue weighted by molar-refractivity contribution is 5.93. The molecule has 0 aliphatic heterocycles. The maximum atomic E-state index is 12.0. The van der Waals surface area contributed by atoms with Crippen molar-refractivity contribution in [2.45, 2.75) is 32.1 Å². The van der Waals surface area contributed by atoms with Gasteiger partial charge in [-0.05, 0) is 36.6 Å². The molecule has 0 saturated heterocycles. The maximum Gasteiger partial charge on any atom is 0.262 e.